The fourth-order valence-electron chi connectivity index (χ4n) is 3.43. The molecule has 2 aromatic rings. The Bertz CT molecular complexity index is 677. The van der Waals surface area contributed by atoms with E-state index in [-0.39, 0.29) is 18.0 Å². The number of hydrogen-bond donors (Lipinski definition) is 2. The largest absolute Gasteiger partial charge is 0.393 e. The molecule has 0 amide bonds. The van der Waals surface area contributed by atoms with Crippen molar-refractivity contribution in [1.29, 1.82) is 0 Å². The molecule has 0 aliphatic carbocycles. The molecule has 0 aromatic heterocycles. The molecule has 3 nitrogen and oxygen atoms in total. The van der Waals surface area contributed by atoms with Gasteiger partial charge in [-0.15, -0.1) is 0 Å². The Kier molecular flexibility index (Phi) is 6.07. The van der Waals surface area contributed by atoms with Crippen LogP contribution in [0, 0.1) is 5.82 Å². The molecule has 3 unspecified atom stereocenters. The minimum atomic E-state index is -0.627. The number of halogens is 2. The van der Waals surface area contributed by atoms with E-state index >= 15 is 0 Å². The number of nitrogens with zero attached hydrogens (tertiary/aromatic N) is 1. The number of benzene rings is 2. The van der Waals surface area contributed by atoms with E-state index < -0.39 is 6.10 Å². The highest BCUT2D eigenvalue weighted by Crippen LogP contribution is 2.32. The number of aliphatic hydroxyl groups is 2. The third-order valence-corrected chi connectivity index (χ3v) is 5.14. The fourth-order valence-corrected chi connectivity index (χ4v) is 3.56. The van der Waals surface area contributed by atoms with Gasteiger partial charge in [-0.1, -0.05) is 35.9 Å². The minimum Gasteiger partial charge on any atom is -0.393 e. The molecule has 134 valence electrons. The molecule has 3 rings (SSSR count). The van der Waals surface area contributed by atoms with E-state index in [1.54, 1.807) is 12.1 Å². The second-order valence-electron chi connectivity index (χ2n) is 6.64. The van der Waals surface area contributed by atoms with Crippen LogP contribution in [-0.2, 0) is 0 Å². The number of hydrogen-bond acceptors (Lipinski definition) is 3. The van der Waals surface area contributed by atoms with Gasteiger partial charge in [0, 0.05) is 24.2 Å². The monoisotopic (exact) mass is 363 g/mol. The minimum absolute atomic E-state index is 0.112. The van der Waals surface area contributed by atoms with E-state index in [4.69, 9.17) is 11.6 Å². The van der Waals surface area contributed by atoms with Crippen LogP contribution in [0.15, 0.2) is 48.5 Å². The van der Waals surface area contributed by atoms with Gasteiger partial charge >= 0.3 is 0 Å². The van der Waals surface area contributed by atoms with Gasteiger partial charge in [-0.2, -0.15) is 0 Å². The molecule has 2 N–H and O–H groups in total. The first-order valence-electron chi connectivity index (χ1n) is 8.64. The predicted octanol–water partition coefficient (Wildman–Crippen LogP) is 4.10. The molecule has 5 heteroatoms. The van der Waals surface area contributed by atoms with Gasteiger partial charge in [-0.3, -0.25) is 4.90 Å². The van der Waals surface area contributed by atoms with Crippen molar-refractivity contribution in [3.05, 3.63) is 70.5 Å². The van der Waals surface area contributed by atoms with Gasteiger partial charge in [0.05, 0.1) is 12.2 Å². The molecule has 3 atom stereocenters. The SMILES string of the molecule is OC1CCN(CCC(O)c2ccc(F)cc2)C(c2ccc(Cl)cc2)C1. The molecule has 1 aliphatic rings. The summed E-state index contributed by atoms with van der Waals surface area (Å²) >= 11 is 5.97. The normalized spacial score (nSPS) is 22.7. The van der Waals surface area contributed by atoms with Crippen LogP contribution in [0.4, 0.5) is 4.39 Å². The lowest BCUT2D eigenvalue weighted by Crippen LogP contribution is -2.39. The molecule has 1 heterocycles. The molecule has 0 saturated carbocycles. The Hall–Kier alpha value is -1.46. The Morgan fingerprint density at radius 2 is 1.80 bits per heavy atom. The summed E-state index contributed by atoms with van der Waals surface area (Å²) in [5.41, 5.74) is 1.85. The maximum Gasteiger partial charge on any atom is 0.123 e. The lowest BCUT2D eigenvalue weighted by molar-refractivity contribution is 0.0316. The Morgan fingerprint density at radius 3 is 2.48 bits per heavy atom. The van der Waals surface area contributed by atoms with Crippen LogP contribution in [0.1, 0.15) is 42.5 Å². The van der Waals surface area contributed by atoms with Crippen LogP contribution < -0.4 is 0 Å². The number of likely N-dealkylation sites (tertiary alicyclic amines) is 1. The lowest BCUT2D eigenvalue weighted by Gasteiger charge is -2.38. The van der Waals surface area contributed by atoms with E-state index in [1.807, 2.05) is 24.3 Å². The Balaban J connectivity index is 1.66. The van der Waals surface area contributed by atoms with Gasteiger partial charge < -0.3 is 10.2 Å². The molecule has 1 saturated heterocycles. The van der Waals surface area contributed by atoms with Crippen LogP contribution in [0.2, 0.25) is 5.02 Å². The van der Waals surface area contributed by atoms with E-state index in [0.29, 0.717) is 24.4 Å². The van der Waals surface area contributed by atoms with Crippen molar-refractivity contribution in [2.75, 3.05) is 13.1 Å². The van der Waals surface area contributed by atoms with Crippen LogP contribution in [0.25, 0.3) is 0 Å². The van der Waals surface area contributed by atoms with Gasteiger partial charge in [0.2, 0.25) is 0 Å². The first kappa shape index (κ1) is 18.3. The highest BCUT2D eigenvalue weighted by molar-refractivity contribution is 6.30. The second kappa shape index (κ2) is 8.28. The highest BCUT2D eigenvalue weighted by atomic mass is 35.5. The summed E-state index contributed by atoms with van der Waals surface area (Å²) in [6.07, 6.45) is 1.04. The smallest absolute Gasteiger partial charge is 0.123 e. The van der Waals surface area contributed by atoms with Gasteiger partial charge in [-0.05, 0) is 54.7 Å². The zero-order valence-electron chi connectivity index (χ0n) is 14.0. The summed E-state index contributed by atoms with van der Waals surface area (Å²) in [6.45, 7) is 1.49. The maximum atomic E-state index is 13.0. The fraction of sp³-hybridized carbons (Fsp3) is 0.400. The molecular formula is C20H23ClFNO2. The summed E-state index contributed by atoms with van der Waals surface area (Å²) in [6, 6.07) is 13.8. The Morgan fingerprint density at radius 1 is 1.12 bits per heavy atom. The predicted molar refractivity (Wildman–Crippen MR) is 97.0 cm³/mol. The second-order valence-corrected chi connectivity index (χ2v) is 7.07. The quantitative estimate of drug-likeness (QED) is 0.840. The van der Waals surface area contributed by atoms with Gasteiger partial charge in [0.1, 0.15) is 5.82 Å². The van der Waals surface area contributed by atoms with Crippen molar-refractivity contribution in [2.45, 2.75) is 37.5 Å². The summed E-state index contributed by atoms with van der Waals surface area (Å²) in [4.78, 5) is 2.29. The molecule has 2 aromatic carbocycles. The van der Waals surface area contributed by atoms with E-state index in [1.165, 1.54) is 12.1 Å². The van der Waals surface area contributed by atoms with Crippen molar-refractivity contribution in [3.63, 3.8) is 0 Å². The molecule has 0 bridgehead atoms. The summed E-state index contributed by atoms with van der Waals surface area (Å²) in [7, 11) is 0. The van der Waals surface area contributed by atoms with Crippen LogP contribution >= 0.6 is 11.6 Å². The van der Waals surface area contributed by atoms with Crippen LogP contribution in [0.3, 0.4) is 0 Å². The van der Waals surface area contributed by atoms with Crippen molar-refractivity contribution < 1.29 is 14.6 Å². The average Bonchev–Trinajstić information content (AvgIpc) is 2.61. The van der Waals surface area contributed by atoms with Crippen molar-refractivity contribution in [3.8, 4) is 0 Å². The number of piperidine rings is 1. The zero-order valence-corrected chi connectivity index (χ0v) is 14.7. The van der Waals surface area contributed by atoms with E-state index in [0.717, 1.165) is 24.1 Å². The zero-order chi connectivity index (χ0) is 17.8. The Labute approximate surface area is 152 Å². The number of aliphatic hydroxyl groups excluding tert-OH is 2. The summed E-state index contributed by atoms with van der Waals surface area (Å²) < 4.78 is 13.0. The van der Waals surface area contributed by atoms with E-state index in [9.17, 15) is 14.6 Å². The topological polar surface area (TPSA) is 43.7 Å². The van der Waals surface area contributed by atoms with Gasteiger partial charge in [0.15, 0.2) is 0 Å². The maximum absolute atomic E-state index is 13.0. The molecular weight excluding hydrogens is 341 g/mol. The van der Waals surface area contributed by atoms with Crippen molar-refractivity contribution >= 4 is 11.6 Å². The average molecular weight is 364 g/mol. The van der Waals surface area contributed by atoms with Crippen molar-refractivity contribution in [1.82, 2.24) is 4.90 Å². The molecule has 1 aliphatic heterocycles. The van der Waals surface area contributed by atoms with Crippen LogP contribution in [0.5, 0.6) is 0 Å². The lowest BCUT2D eigenvalue weighted by atomic mass is 9.93. The van der Waals surface area contributed by atoms with Gasteiger partial charge in [-0.25, -0.2) is 4.39 Å². The molecule has 1 fully saturated rings. The first-order chi connectivity index (χ1) is 12.0. The van der Waals surface area contributed by atoms with Crippen LogP contribution in [-0.4, -0.2) is 34.3 Å². The highest BCUT2D eigenvalue weighted by Gasteiger charge is 2.28. The third-order valence-electron chi connectivity index (χ3n) is 4.88. The van der Waals surface area contributed by atoms with Crippen molar-refractivity contribution in [2.24, 2.45) is 0 Å². The molecule has 0 radical (unpaired) electrons. The van der Waals surface area contributed by atoms with E-state index in [2.05, 4.69) is 4.90 Å². The summed E-state index contributed by atoms with van der Waals surface area (Å²) in [5, 5.41) is 21.1. The summed E-state index contributed by atoms with van der Waals surface area (Å²) in [5.74, 6) is -0.302. The number of rotatable bonds is 5. The van der Waals surface area contributed by atoms with Gasteiger partial charge in [0.25, 0.3) is 0 Å². The molecule has 25 heavy (non-hydrogen) atoms. The molecule has 0 spiro atoms. The first-order valence-corrected chi connectivity index (χ1v) is 9.02. The standard InChI is InChI=1S/C20H23ClFNO2/c21-16-5-1-14(2-6-16)19-13-18(24)9-11-23(19)12-10-20(25)15-3-7-17(22)8-4-15/h1-8,18-20,24-25H,9-13H2. The third kappa shape index (κ3) is 4.79.